The molecule has 1 amide bonds. The van der Waals surface area contributed by atoms with Crippen LogP contribution in [-0.4, -0.2) is 42.1 Å². The highest BCUT2D eigenvalue weighted by Gasteiger charge is 2.27. The van der Waals surface area contributed by atoms with Gasteiger partial charge in [-0.25, -0.2) is 0 Å². The first-order valence-electron chi connectivity index (χ1n) is 6.24. The van der Waals surface area contributed by atoms with Crippen molar-refractivity contribution in [2.45, 2.75) is 33.6 Å². The Balaban J connectivity index is 3.03. The maximum Gasteiger partial charge on any atom is 0.325 e. The quantitative estimate of drug-likeness (QED) is 0.760. The van der Waals surface area contributed by atoms with Crippen LogP contribution in [0.5, 0.6) is 0 Å². The Morgan fingerprint density at radius 1 is 1.42 bits per heavy atom. The Hall–Kier alpha value is -1.85. The van der Waals surface area contributed by atoms with E-state index in [0.717, 1.165) is 0 Å². The van der Waals surface area contributed by atoms with Gasteiger partial charge in [0, 0.05) is 12.5 Å². The third-order valence-electron chi connectivity index (χ3n) is 2.84. The first-order valence-corrected chi connectivity index (χ1v) is 6.24. The number of likely N-dealkylation sites (N-methyl/N-ethyl adjacent to an activating group) is 1. The van der Waals surface area contributed by atoms with E-state index in [1.807, 2.05) is 13.8 Å². The molecule has 0 saturated heterocycles. The number of esters is 1. The van der Waals surface area contributed by atoms with Crippen LogP contribution in [0.3, 0.4) is 0 Å². The van der Waals surface area contributed by atoms with E-state index < -0.39 is 5.97 Å². The molecule has 1 aromatic heterocycles. The predicted molar refractivity (Wildman–Crippen MR) is 68.9 cm³/mol. The molecule has 19 heavy (non-hydrogen) atoms. The van der Waals surface area contributed by atoms with Gasteiger partial charge in [-0.15, -0.1) is 0 Å². The second-order valence-electron chi connectivity index (χ2n) is 4.56. The number of amides is 1. The lowest BCUT2D eigenvalue weighted by Crippen LogP contribution is -2.36. The van der Waals surface area contributed by atoms with E-state index in [1.165, 1.54) is 12.0 Å². The van der Waals surface area contributed by atoms with Gasteiger partial charge in [0.1, 0.15) is 12.1 Å². The third-order valence-corrected chi connectivity index (χ3v) is 2.84. The number of carbonyl (C=O) groups is 2. The monoisotopic (exact) mass is 268 g/mol. The van der Waals surface area contributed by atoms with Crippen LogP contribution < -0.4 is 0 Å². The summed E-state index contributed by atoms with van der Waals surface area (Å²) in [5.74, 6) is -0.103. The van der Waals surface area contributed by atoms with Crippen LogP contribution in [0, 0.1) is 6.92 Å². The summed E-state index contributed by atoms with van der Waals surface area (Å²) < 4.78 is 9.78. The highest BCUT2D eigenvalue weighted by atomic mass is 16.5. The molecule has 0 aliphatic heterocycles. The minimum atomic E-state index is -0.449. The summed E-state index contributed by atoms with van der Waals surface area (Å²) in [5.41, 5.74) is 0.984. The van der Waals surface area contributed by atoms with Crippen LogP contribution in [0.25, 0.3) is 0 Å². The maximum atomic E-state index is 12.5. The zero-order chi connectivity index (χ0) is 14.6. The Bertz CT molecular complexity index is 465. The predicted octanol–water partition coefficient (Wildman–Crippen LogP) is 1.74. The molecule has 1 rings (SSSR count). The van der Waals surface area contributed by atoms with Crippen LogP contribution in [-0.2, 0) is 9.53 Å². The van der Waals surface area contributed by atoms with E-state index in [0.29, 0.717) is 23.6 Å². The van der Waals surface area contributed by atoms with Gasteiger partial charge in [-0.2, -0.15) is 0 Å². The van der Waals surface area contributed by atoms with Crippen LogP contribution >= 0.6 is 0 Å². The number of aryl methyl sites for hydroxylation is 1. The molecule has 6 heteroatoms. The SMILES string of the molecule is CCN(CC(=O)OC)C(=O)c1c(C)noc1C(C)C. The lowest BCUT2D eigenvalue weighted by Gasteiger charge is -2.19. The molecule has 6 nitrogen and oxygen atoms in total. The fraction of sp³-hybridized carbons (Fsp3) is 0.615. The number of rotatable bonds is 5. The molecule has 0 aromatic carbocycles. The molecule has 106 valence electrons. The Labute approximate surface area is 112 Å². The van der Waals surface area contributed by atoms with Crippen molar-refractivity contribution in [1.29, 1.82) is 0 Å². The number of hydrogen-bond acceptors (Lipinski definition) is 5. The van der Waals surface area contributed by atoms with Gasteiger partial charge in [0.2, 0.25) is 0 Å². The van der Waals surface area contributed by atoms with Crippen molar-refractivity contribution >= 4 is 11.9 Å². The number of nitrogens with zero attached hydrogens (tertiary/aromatic N) is 2. The molecule has 0 saturated carbocycles. The lowest BCUT2D eigenvalue weighted by molar-refractivity contribution is -0.141. The van der Waals surface area contributed by atoms with E-state index in [-0.39, 0.29) is 18.4 Å². The summed E-state index contributed by atoms with van der Waals surface area (Å²) in [6.07, 6.45) is 0. The number of carbonyl (C=O) groups excluding carboxylic acids is 2. The first kappa shape index (κ1) is 15.2. The van der Waals surface area contributed by atoms with Crippen molar-refractivity contribution in [3.63, 3.8) is 0 Å². The Morgan fingerprint density at radius 3 is 2.53 bits per heavy atom. The van der Waals surface area contributed by atoms with Crippen LogP contribution in [0.4, 0.5) is 0 Å². The standard InChI is InChI=1S/C13H20N2O4/c1-6-15(7-10(16)18-5)13(17)11-9(4)14-19-12(11)8(2)3/h8H,6-7H2,1-5H3. The van der Waals surface area contributed by atoms with Crippen LogP contribution in [0.2, 0.25) is 0 Å². The molecule has 0 spiro atoms. The molecule has 0 atom stereocenters. The first-order chi connectivity index (χ1) is 8.92. The average Bonchev–Trinajstić information content (AvgIpc) is 2.76. The summed E-state index contributed by atoms with van der Waals surface area (Å²) in [4.78, 5) is 25.2. The van der Waals surface area contributed by atoms with Gasteiger partial charge in [-0.1, -0.05) is 19.0 Å². The highest BCUT2D eigenvalue weighted by molar-refractivity contribution is 5.97. The molecule has 0 N–H and O–H groups in total. The van der Waals surface area contributed by atoms with Gasteiger partial charge >= 0.3 is 5.97 Å². The zero-order valence-electron chi connectivity index (χ0n) is 12.0. The van der Waals surface area contributed by atoms with E-state index in [9.17, 15) is 9.59 Å². The van der Waals surface area contributed by atoms with E-state index in [1.54, 1.807) is 13.8 Å². The second-order valence-corrected chi connectivity index (χ2v) is 4.56. The molecular formula is C13H20N2O4. The molecule has 1 heterocycles. The van der Waals surface area contributed by atoms with E-state index >= 15 is 0 Å². The summed E-state index contributed by atoms with van der Waals surface area (Å²) in [6.45, 7) is 7.71. The van der Waals surface area contributed by atoms with E-state index in [2.05, 4.69) is 9.89 Å². The largest absolute Gasteiger partial charge is 0.468 e. The maximum absolute atomic E-state index is 12.5. The summed E-state index contributed by atoms with van der Waals surface area (Å²) in [7, 11) is 1.30. The van der Waals surface area contributed by atoms with Crippen molar-refractivity contribution in [3.8, 4) is 0 Å². The minimum absolute atomic E-state index is 0.0528. The zero-order valence-corrected chi connectivity index (χ0v) is 12.0. The summed E-state index contributed by atoms with van der Waals surface area (Å²) in [6, 6.07) is 0. The Morgan fingerprint density at radius 2 is 2.05 bits per heavy atom. The molecule has 0 aliphatic carbocycles. The van der Waals surface area contributed by atoms with Crippen molar-refractivity contribution in [2.24, 2.45) is 0 Å². The summed E-state index contributed by atoms with van der Waals surface area (Å²) >= 11 is 0. The van der Waals surface area contributed by atoms with Gasteiger partial charge < -0.3 is 14.2 Å². The fourth-order valence-electron chi connectivity index (χ4n) is 1.75. The van der Waals surface area contributed by atoms with Gasteiger partial charge in [0.25, 0.3) is 5.91 Å². The summed E-state index contributed by atoms with van der Waals surface area (Å²) in [5, 5.41) is 3.84. The second kappa shape index (κ2) is 6.36. The van der Waals surface area contributed by atoms with E-state index in [4.69, 9.17) is 4.52 Å². The van der Waals surface area contributed by atoms with Crippen molar-refractivity contribution in [1.82, 2.24) is 10.1 Å². The van der Waals surface area contributed by atoms with Crippen LogP contribution in [0.1, 0.15) is 48.5 Å². The molecule has 0 bridgehead atoms. The average molecular weight is 268 g/mol. The van der Waals surface area contributed by atoms with Gasteiger partial charge in [0.15, 0.2) is 5.76 Å². The number of ether oxygens (including phenoxy) is 1. The molecule has 0 aliphatic rings. The Kier molecular flexibility index (Phi) is 5.09. The topological polar surface area (TPSA) is 72.6 Å². The fourth-order valence-corrected chi connectivity index (χ4v) is 1.75. The normalized spacial score (nSPS) is 10.6. The van der Waals surface area contributed by atoms with Crippen molar-refractivity contribution in [2.75, 3.05) is 20.2 Å². The third kappa shape index (κ3) is 3.33. The molecule has 1 aromatic rings. The minimum Gasteiger partial charge on any atom is -0.468 e. The van der Waals surface area contributed by atoms with Crippen molar-refractivity contribution < 1.29 is 18.8 Å². The molecule has 0 fully saturated rings. The van der Waals surface area contributed by atoms with Crippen LogP contribution in [0.15, 0.2) is 4.52 Å². The number of hydrogen-bond donors (Lipinski definition) is 0. The number of methoxy groups -OCH3 is 1. The lowest BCUT2D eigenvalue weighted by atomic mass is 10.0. The number of aromatic nitrogens is 1. The van der Waals surface area contributed by atoms with Crippen molar-refractivity contribution in [3.05, 3.63) is 17.0 Å². The highest BCUT2D eigenvalue weighted by Crippen LogP contribution is 2.23. The smallest absolute Gasteiger partial charge is 0.325 e. The molecular weight excluding hydrogens is 248 g/mol. The van der Waals surface area contributed by atoms with Gasteiger partial charge in [-0.05, 0) is 13.8 Å². The van der Waals surface area contributed by atoms with Gasteiger partial charge in [0.05, 0.1) is 12.8 Å². The van der Waals surface area contributed by atoms with Gasteiger partial charge in [-0.3, -0.25) is 9.59 Å². The molecule has 0 unspecified atom stereocenters. The molecule has 0 radical (unpaired) electrons.